The summed E-state index contributed by atoms with van der Waals surface area (Å²) in [7, 11) is -4.13. The molecule has 0 aromatic heterocycles. The molecule has 0 atom stereocenters. The van der Waals surface area contributed by atoms with Crippen LogP contribution in [0.5, 0.6) is 0 Å². The van der Waals surface area contributed by atoms with E-state index < -0.39 is 15.2 Å². The Balaban J connectivity index is 4.55. The summed E-state index contributed by atoms with van der Waals surface area (Å²) in [6.07, 6.45) is 0. The molecule has 0 saturated carbocycles. The molecule has 0 aliphatic heterocycles. The van der Waals surface area contributed by atoms with Crippen LogP contribution in [0.3, 0.4) is 0 Å². The van der Waals surface area contributed by atoms with Crippen molar-refractivity contribution in [2.75, 3.05) is 0 Å². The Bertz CT molecular complexity index is 191. The minimum Gasteiger partial charge on any atom is -0.322 e. The molecule has 0 amide bonds. The summed E-state index contributed by atoms with van der Waals surface area (Å²) < 4.78 is 27.9. The first-order valence-electron chi connectivity index (χ1n) is 1.70. The van der Waals surface area contributed by atoms with E-state index in [1.807, 2.05) is 0 Å². The van der Waals surface area contributed by atoms with Crippen molar-refractivity contribution in [2.45, 2.75) is 6.92 Å². The van der Waals surface area contributed by atoms with Crippen LogP contribution in [-0.2, 0) is 10.1 Å². The number of hydrazone groups is 1. The first-order chi connectivity index (χ1) is 3.48. The average molecular weight is 138 g/mol. The van der Waals surface area contributed by atoms with Gasteiger partial charge in [0.05, 0.1) is 0 Å². The van der Waals surface area contributed by atoms with E-state index in [0.717, 1.165) is 6.92 Å². The zero-order chi connectivity index (χ0) is 6.78. The van der Waals surface area contributed by atoms with Gasteiger partial charge in [-0.2, -0.15) is 13.5 Å². The van der Waals surface area contributed by atoms with E-state index in [2.05, 4.69) is 10.9 Å². The van der Waals surface area contributed by atoms with Gasteiger partial charge in [0.1, 0.15) is 0 Å². The Kier molecular flexibility index (Phi) is 1.94. The van der Waals surface area contributed by atoms with Crippen LogP contribution >= 0.6 is 0 Å². The highest BCUT2D eigenvalue weighted by atomic mass is 32.2. The topological polar surface area (TPSA) is 92.8 Å². The molecule has 0 unspecified atom stereocenters. The van der Waals surface area contributed by atoms with Crippen molar-refractivity contribution in [3.8, 4) is 0 Å². The highest BCUT2D eigenvalue weighted by Crippen LogP contribution is 1.83. The summed E-state index contributed by atoms with van der Waals surface area (Å²) in [4.78, 5) is 0. The van der Waals surface area contributed by atoms with Gasteiger partial charge in [0.15, 0.2) is 5.04 Å². The molecule has 0 radical (unpaired) electrons. The second-order valence-corrected chi connectivity index (χ2v) is 2.66. The highest BCUT2D eigenvalue weighted by Gasteiger charge is 2.07. The van der Waals surface area contributed by atoms with E-state index in [4.69, 9.17) is 4.55 Å². The Morgan fingerprint density at radius 3 is 2.12 bits per heavy atom. The molecular weight excluding hydrogens is 132 g/mol. The Labute approximate surface area is 46.9 Å². The van der Waals surface area contributed by atoms with E-state index in [1.54, 1.807) is 0 Å². The molecule has 6 heteroatoms. The molecule has 0 spiro atoms. The van der Waals surface area contributed by atoms with E-state index in [0.29, 0.717) is 0 Å². The smallest absolute Gasteiger partial charge is 0.309 e. The van der Waals surface area contributed by atoms with Gasteiger partial charge in [-0.25, -0.2) is 0 Å². The fourth-order valence-electron chi connectivity index (χ4n) is 0.0666. The summed E-state index contributed by atoms with van der Waals surface area (Å²) in [6.45, 7) is 1.09. The van der Waals surface area contributed by atoms with Crippen molar-refractivity contribution in [1.82, 2.24) is 0 Å². The Hall–Kier alpha value is -0.620. The van der Waals surface area contributed by atoms with Crippen LogP contribution in [0.2, 0.25) is 0 Å². The number of nitrogens with zero attached hydrogens (tertiary/aromatic N) is 1. The average Bonchev–Trinajstić information content (AvgIpc) is 1.62. The molecule has 0 saturated heterocycles. The summed E-state index contributed by atoms with van der Waals surface area (Å²) in [5.41, 5.74) is 0. The number of hydrogen-bond acceptors (Lipinski definition) is 4. The molecule has 0 heterocycles. The molecule has 5 nitrogen and oxygen atoms in total. The van der Waals surface area contributed by atoms with Crippen LogP contribution in [-0.4, -0.2) is 18.0 Å². The molecule has 0 aliphatic carbocycles. The third-order valence-corrected chi connectivity index (χ3v) is 1.41. The molecule has 0 aliphatic rings. The second kappa shape index (κ2) is 2.10. The number of rotatable bonds is 0. The third-order valence-electron chi connectivity index (χ3n) is 0.555. The molecule has 0 fully saturated rings. The van der Waals surface area contributed by atoms with Crippen molar-refractivity contribution in [1.29, 1.82) is 0 Å². The van der Waals surface area contributed by atoms with Crippen molar-refractivity contribution in [2.24, 2.45) is 10.9 Å². The maximum absolute atomic E-state index is 9.91. The van der Waals surface area contributed by atoms with Crippen LogP contribution in [0, 0.1) is 0 Å². The van der Waals surface area contributed by atoms with Crippen LogP contribution in [0.4, 0.5) is 0 Å². The standard InChI is InChI=1S/C2H6N2O3S/c1-2(4-3)8(5,6)7/h3H2,1H3,(H,5,6,7). The Morgan fingerprint density at radius 1 is 1.75 bits per heavy atom. The quantitative estimate of drug-likeness (QED) is 0.150. The van der Waals surface area contributed by atoms with Gasteiger partial charge in [-0.15, -0.1) is 0 Å². The summed E-state index contributed by atoms with van der Waals surface area (Å²) in [6, 6.07) is 0. The number of nitrogens with two attached hydrogens (primary N) is 1. The Morgan fingerprint density at radius 2 is 2.12 bits per heavy atom. The largest absolute Gasteiger partial charge is 0.322 e. The third kappa shape index (κ3) is 1.90. The normalized spacial score (nSPS) is 14.0. The maximum Gasteiger partial charge on any atom is 0.309 e. The predicted octanol–water partition coefficient (Wildman–Crippen LogP) is -0.834. The SMILES string of the molecule is CC(=NN)S(=O)(=O)O. The molecule has 3 N–H and O–H groups in total. The van der Waals surface area contributed by atoms with Crippen molar-refractivity contribution in [3.05, 3.63) is 0 Å². The van der Waals surface area contributed by atoms with Gasteiger partial charge < -0.3 is 5.84 Å². The summed E-state index contributed by atoms with van der Waals surface area (Å²) in [5.74, 6) is 4.51. The van der Waals surface area contributed by atoms with Gasteiger partial charge in [0.2, 0.25) is 0 Å². The zero-order valence-corrected chi connectivity index (χ0v) is 5.01. The van der Waals surface area contributed by atoms with Crippen molar-refractivity contribution < 1.29 is 13.0 Å². The van der Waals surface area contributed by atoms with E-state index in [-0.39, 0.29) is 0 Å². The first-order valence-corrected chi connectivity index (χ1v) is 3.14. The second-order valence-electron chi connectivity index (χ2n) is 1.12. The fraction of sp³-hybridized carbons (Fsp3) is 0.500. The van der Waals surface area contributed by atoms with Crippen LogP contribution in [0.25, 0.3) is 0 Å². The van der Waals surface area contributed by atoms with E-state index in [1.165, 1.54) is 0 Å². The molecule has 0 bridgehead atoms. The number of hydrogen-bond donors (Lipinski definition) is 2. The van der Waals surface area contributed by atoms with E-state index >= 15 is 0 Å². The minimum atomic E-state index is -4.13. The lowest BCUT2D eigenvalue weighted by Crippen LogP contribution is -2.10. The maximum atomic E-state index is 9.91. The lowest BCUT2D eigenvalue weighted by atomic mass is 10.9. The van der Waals surface area contributed by atoms with Gasteiger partial charge in [-0.1, -0.05) is 0 Å². The lowest BCUT2D eigenvalue weighted by Gasteiger charge is -1.87. The van der Waals surface area contributed by atoms with Gasteiger partial charge in [-0.3, -0.25) is 4.55 Å². The summed E-state index contributed by atoms with van der Waals surface area (Å²) in [5, 5.41) is 2.25. The van der Waals surface area contributed by atoms with Gasteiger partial charge >= 0.3 is 10.1 Å². The molecule has 0 aromatic carbocycles. The lowest BCUT2D eigenvalue weighted by molar-refractivity contribution is 0.498. The molecule has 48 valence electrons. The van der Waals surface area contributed by atoms with Gasteiger partial charge in [0.25, 0.3) is 0 Å². The first kappa shape index (κ1) is 7.38. The van der Waals surface area contributed by atoms with Crippen molar-refractivity contribution >= 4 is 15.2 Å². The molecule has 8 heavy (non-hydrogen) atoms. The zero-order valence-electron chi connectivity index (χ0n) is 4.20. The summed E-state index contributed by atoms with van der Waals surface area (Å²) >= 11 is 0. The van der Waals surface area contributed by atoms with Crippen molar-refractivity contribution in [3.63, 3.8) is 0 Å². The molecular formula is C2H6N2O3S. The van der Waals surface area contributed by atoms with Gasteiger partial charge in [-0.05, 0) is 6.92 Å². The monoisotopic (exact) mass is 138 g/mol. The molecule has 0 rings (SSSR count). The van der Waals surface area contributed by atoms with Gasteiger partial charge in [0, 0.05) is 0 Å². The highest BCUT2D eigenvalue weighted by molar-refractivity contribution is 8.01. The van der Waals surface area contributed by atoms with Crippen LogP contribution in [0.1, 0.15) is 6.92 Å². The predicted molar refractivity (Wildman–Crippen MR) is 28.8 cm³/mol. The van der Waals surface area contributed by atoms with E-state index in [9.17, 15) is 8.42 Å². The van der Waals surface area contributed by atoms with Crippen LogP contribution in [0.15, 0.2) is 5.10 Å². The minimum absolute atomic E-state index is 0.488. The molecule has 0 aromatic rings. The van der Waals surface area contributed by atoms with Crippen LogP contribution < -0.4 is 5.84 Å². The fourth-order valence-corrected chi connectivity index (χ4v) is 0.200.